The second kappa shape index (κ2) is 9.59. The van der Waals surface area contributed by atoms with E-state index < -0.39 is 0 Å². The van der Waals surface area contributed by atoms with Gasteiger partial charge in [-0.2, -0.15) is 0 Å². The third-order valence-electron chi connectivity index (χ3n) is 3.94. The zero-order valence-corrected chi connectivity index (χ0v) is 16.8. The summed E-state index contributed by atoms with van der Waals surface area (Å²) in [5.41, 5.74) is 2.57. The Kier molecular flexibility index (Phi) is 6.68. The van der Waals surface area contributed by atoms with E-state index in [1.54, 1.807) is 18.3 Å². The first-order valence-electron chi connectivity index (χ1n) is 9.58. The minimum atomic E-state index is -0.305. The van der Waals surface area contributed by atoms with E-state index in [-0.39, 0.29) is 12.0 Å². The van der Waals surface area contributed by atoms with E-state index in [4.69, 9.17) is 9.47 Å². The molecule has 0 saturated heterocycles. The fraction of sp³-hybridized carbons (Fsp3) is 0.217. The SMILES string of the molecule is CCOc1ccc(Nc2ccnc(C(=O)Nc3ccccc3OC(C)C)c2)cc1. The molecule has 3 aromatic rings. The molecule has 0 atom stereocenters. The van der Waals surface area contributed by atoms with Gasteiger partial charge in [0.2, 0.25) is 0 Å². The maximum absolute atomic E-state index is 12.7. The number of hydrogen-bond acceptors (Lipinski definition) is 5. The molecule has 0 unspecified atom stereocenters. The fourth-order valence-corrected chi connectivity index (χ4v) is 2.71. The van der Waals surface area contributed by atoms with Crippen molar-refractivity contribution in [1.82, 2.24) is 4.98 Å². The summed E-state index contributed by atoms with van der Waals surface area (Å²) in [6.45, 7) is 6.45. The van der Waals surface area contributed by atoms with Crippen LogP contribution in [0.3, 0.4) is 0 Å². The van der Waals surface area contributed by atoms with Crippen molar-refractivity contribution in [1.29, 1.82) is 0 Å². The molecule has 0 saturated carbocycles. The van der Waals surface area contributed by atoms with Gasteiger partial charge >= 0.3 is 0 Å². The lowest BCUT2D eigenvalue weighted by Gasteiger charge is -2.15. The Labute approximate surface area is 170 Å². The van der Waals surface area contributed by atoms with Crippen molar-refractivity contribution in [3.8, 4) is 11.5 Å². The average molecular weight is 391 g/mol. The van der Waals surface area contributed by atoms with Crippen LogP contribution < -0.4 is 20.1 Å². The van der Waals surface area contributed by atoms with E-state index in [9.17, 15) is 4.79 Å². The van der Waals surface area contributed by atoms with Crippen molar-refractivity contribution >= 4 is 23.0 Å². The monoisotopic (exact) mass is 391 g/mol. The van der Waals surface area contributed by atoms with Crippen LogP contribution >= 0.6 is 0 Å². The lowest BCUT2D eigenvalue weighted by atomic mass is 10.2. The summed E-state index contributed by atoms with van der Waals surface area (Å²) >= 11 is 0. The second-order valence-electron chi connectivity index (χ2n) is 6.63. The number of anilines is 3. The van der Waals surface area contributed by atoms with Gasteiger partial charge < -0.3 is 20.1 Å². The number of pyridine rings is 1. The number of nitrogens with zero attached hydrogens (tertiary/aromatic N) is 1. The van der Waals surface area contributed by atoms with Crippen LogP contribution in [0.15, 0.2) is 66.9 Å². The van der Waals surface area contributed by atoms with Gasteiger partial charge in [-0.1, -0.05) is 12.1 Å². The van der Waals surface area contributed by atoms with Crippen molar-refractivity contribution in [2.24, 2.45) is 0 Å². The number of aromatic nitrogens is 1. The van der Waals surface area contributed by atoms with Crippen LogP contribution in [0.5, 0.6) is 11.5 Å². The van der Waals surface area contributed by atoms with Crippen molar-refractivity contribution in [3.63, 3.8) is 0 Å². The van der Waals surface area contributed by atoms with Crippen LogP contribution in [-0.2, 0) is 0 Å². The predicted molar refractivity (Wildman–Crippen MR) is 115 cm³/mol. The molecular weight excluding hydrogens is 366 g/mol. The van der Waals surface area contributed by atoms with Gasteiger partial charge in [0.15, 0.2) is 0 Å². The molecule has 0 aliphatic carbocycles. The molecule has 2 aromatic carbocycles. The number of amides is 1. The Morgan fingerprint density at radius 1 is 1.03 bits per heavy atom. The van der Waals surface area contributed by atoms with Crippen LogP contribution in [0.25, 0.3) is 0 Å². The summed E-state index contributed by atoms with van der Waals surface area (Å²) in [6.07, 6.45) is 1.61. The predicted octanol–water partition coefficient (Wildman–Crippen LogP) is 5.26. The number of para-hydroxylation sites is 2. The fourth-order valence-electron chi connectivity index (χ4n) is 2.71. The van der Waals surface area contributed by atoms with Crippen LogP contribution in [0.1, 0.15) is 31.3 Å². The van der Waals surface area contributed by atoms with Crippen molar-refractivity contribution in [2.75, 3.05) is 17.2 Å². The van der Waals surface area contributed by atoms with E-state index in [1.165, 1.54) is 0 Å². The maximum atomic E-state index is 12.7. The summed E-state index contributed by atoms with van der Waals surface area (Å²) in [7, 11) is 0. The average Bonchev–Trinajstić information content (AvgIpc) is 2.71. The number of benzene rings is 2. The molecule has 29 heavy (non-hydrogen) atoms. The van der Waals surface area contributed by atoms with E-state index >= 15 is 0 Å². The molecule has 0 aliphatic rings. The molecule has 1 aromatic heterocycles. The zero-order chi connectivity index (χ0) is 20.6. The molecule has 6 heteroatoms. The Morgan fingerprint density at radius 3 is 2.52 bits per heavy atom. The Balaban J connectivity index is 1.71. The summed E-state index contributed by atoms with van der Waals surface area (Å²) in [4.78, 5) is 16.9. The number of hydrogen-bond donors (Lipinski definition) is 2. The highest BCUT2D eigenvalue weighted by Crippen LogP contribution is 2.26. The molecule has 3 rings (SSSR count). The summed E-state index contributed by atoms with van der Waals surface area (Å²) < 4.78 is 11.2. The van der Waals surface area contributed by atoms with Crippen LogP contribution in [0.4, 0.5) is 17.1 Å². The maximum Gasteiger partial charge on any atom is 0.274 e. The lowest BCUT2D eigenvalue weighted by molar-refractivity contribution is 0.102. The highest BCUT2D eigenvalue weighted by atomic mass is 16.5. The van der Waals surface area contributed by atoms with Gasteiger partial charge in [-0.15, -0.1) is 0 Å². The minimum Gasteiger partial charge on any atom is -0.494 e. The van der Waals surface area contributed by atoms with E-state index in [2.05, 4.69) is 15.6 Å². The van der Waals surface area contributed by atoms with E-state index in [1.807, 2.05) is 69.3 Å². The first kappa shape index (κ1) is 20.2. The van der Waals surface area contributed by atoms with Gasteiger partial charge in [-0.25, -0.2) is 0 Å². The van der Waals surface area contributed by atoms with E-state index in [0.29, 0.717) is 23.7 Å². The standard InChI is InChI=1S/C23H25N3O3/c1-4-28-19-11-9-17(10-12-19)25-18-13-14-24-21(15-18)23(27)26-20-7-5-6-8-22(20)29-16(2)3/h5-16H,4H2,1-3H3,(H,24,25)(H,26,27). The molecule has 1 amide bonds. The largest absolute Gasteiger partial charge is 0.494 e. The highest BCUT2D eigenvalue weighted by Gasteiger charge is 2.12. The van der Waals surface area contributed by atoms with Gasteiger partial charge in [0.25, 0.3) is 5.91 Å². The first-order chi connectivity index (χ1) is 14.0. The van der Waals surface area contributed by atoms with Gasteiger partial charge in [-0.3, -0.25) is 9.78 Å². The molecule has 0 radical (unpaired) electrons. The lowest BCUT2D eigenvalue weighted by Crippen LogP contribution is -2.15. The molecule has 0 bridgehead atoms. The highest BCUT2D eigenvalue weighted by molar-refractivity contribution is 6.04. The summed E-state index contributed by atoms with van der Waals surface area (Å²) in [6, 6.07) is 18.5. The van der Waals surface area contributed by atoms with Gasteiger partial charge in [-0.05, 0) is 69.3 Å². The van der Waals surface area contributed by atoms with Crippen molar-refractivity contribution < 1.29 is 14.3 Å². The molecular formula is C23H25N3O3. The number of ether oxygens (including phenoxy) is 2. The van der Waals surface area contributed by atoms with Gasteiger partial charge in [0.05, 0.1) is 18.4 Å². The summed E-state index contributed by atoms with van der Waals surface area (Å²) in [5.74, 6) is 1.13. The van der Waals surface area contributed by atoms with Crippen molar-refractivity contribution in [3.05, 3.63) is 72.6 Å². The quantitative estimate of drug-likeness (QED) is 0.548. The second-order valence-corrected chi connectivity index (χ2v) is 6.63. The summed E-state index contributed by atoms with van der Waals surface area (Å²) in [5, 5.41) is 6.14. The molecule has 0 spiro atoms. The van der Waals surface area contributed by atoms with Gasteiger partial charge in [0.1, 0.15) is 17.2 Å². The molecule has 0 fully saturated rings. The molecule has 6 nitrogen and oxygen atoms in total. The molecule has 2 N–H and O–H groups in total. The van der Waals surface area contributed by atoms with Crippen molar-refractivity contribution in [2.45, 2.75) is 26.9 Å². The van der Waals surface area contributed by atoms with Crippen LogP contribution in [-0.4, -0.2) is 23.6 Å². The Hall–Kier alpha value is -3.54. The number of carbonyl (C=O) groups excluding carboxylic acids is 1. The third kappa shape index (κ3) is 5.72. The molecule has 150 valence electrons. The first-order valence-corrected chi connectivity index (χ1v) is 9.58. The van der Waals surface area contributed by atoms with Gasteiger partial charge in [0, 0.05) is 17.6 Å². The number of rotatable bonds is 8. The zero-order valence-electron chi connectivity index (χ0n) is 16.8. The number of carbonyl (C=O) groups is 1. The minimum absolute atomic E-state index is 0.00724. The number of nitrogens with one attached hydrogen (secondary N) is 2. The Bertz CT molecular complexity index is 956. The smallest absolute Gasteiger partial charge is 0.274 e. The normalized spacial score (nSPS) is 10.5. The Morgan fingerprint density at radius 2 is 1.79 bits per heavy atom. The van der Waals surface area contributed by atoms with Crippen LogP contribution in [0, 0.1) is 0 Å². The van der Waals surface area contributed by atoms with Crippen LogP contribution in [0.2, 0.25) is 0 Å². The molecule has 1 heterocycles. The van der Waals surface area contributed by atoms with E-state index in [0.717, 1.165) is 17.1 Å². The topological polar surface area (TPSA) is 72.5 Å². The third-order valence-corrected chi connectivity index (χ3v) is 3.94. The molecule has 0 aliphatic heterocycles.